The van der Waals surface area contributed by atoms with Crippen molar-refractivity contribution in [3.05, 3.63) is 69.8 Å². The Labute approximate surface area is 158 Å². The van der Waals surface area contributed by atoms with E-state index in [0.717, 1.165) is 28.3 Å². The van der Waals surface area contributed by atoms with Gasteiger partial charge in [-0.1, -0.05) is 18.2 Å². The number of aromatic nitrogens is 3. The first-order valence-corrected chi connectivity index (χ1v) is 8.90. The lowest BCUT2D eigenvalue weighted by Gasteiger charge is -2.07. The van der Waals surface area contributed by atoms with Gasteiger partial charge in [0.2, 0.25) is 0 Å². The lowest BCUT2D eigenvalue weighted by Crippen LogP contribution is -2.24. The molecule has 0 aliphatic carbocycles. The maximum absolute atomic E-state index is 12.6. The second-order valence-electron chi connectivity index (χ2n) is 6.76. The van der Waals surface area contributed by atoms with Crippen molar-refractivity contribution in [2.24, 2.45) is 0 Å². The average molecular weight is 364 g/mol. The molecule has 2 N–H and O–H groups in total. The van der Waals surface area contributed by atoms with Crippen LogP contribution in [0.1, 0.15) is 56.0 Å². The molecule has 0 saturated heterocycles. The van der Waals surface area contributed by atoms with Crippen LogP contribution < -0.4 is 5.32 Å². The summed E-state index contributed by atoms with van der Waals surface area (Å²) >= 11 is 0. The summed E-state index contributed by atoms with van der Waals surface area (Å²) in [4.78, 5) is 27.4. The fourth-order valence-electron chi connectivity index (χ4n) is 3.51. The van der Waals surface area contributed by atoms with E-state index in [2.05, 4.69) is 15.4 Å². The quantitative estimate of drug-likeness (QED) is 0.679. The molecule has 27 heavy (non-hydrogen) atoms. The molecule has 6 heteroatoms. The van der Waals surface area contributed by atoms with Gasteiger partial charge in [-0.3, -0.25) is 9.59 Å². The Morgan fingerprint density at radius 2 is 1.78 bits per heavy atom. The SMILES string of the molecule is CC(=O)c1c(C)[nH]c(C(=O)NCc2c(C)nn(-c3ccccc3)c2C)c1C. The molecule has 3 aromatic rings. The van der Waals surface area contributed by atoms with Crippen molar-refractivity contribution in [3.63, 3.8) is 0 Å². The minimum absolute atomic E-state index is 0.0453. The third kappa shape index (κ3) is 3.43. The van der Waals surface area contributed by atoms with E-state index in [9.17, 15) is 9.59 Å². The number of rotatable bonds is 5. The summed E-state index contributed by atoms with van der Waals surface area (Å²) in [5.41, 5.74) is 6.26. The van der Waals surface area contributed by atoms with Crippen LogP contribution in [0.4, 0.5) is 0 Å². The van der Waals surface area contributed by atoms with Crippen molar-refractivity contribution in [2.75, 3.05) is 0 Å². The number of nitrogens with zero attached hydrogens (tertiary/aromatic N) is 2. The maximum Gasteiger partial charge on any atom is 0.268 e. The van der Waals surface area contributed by atoms with Gasteiger partial charge in [-0.15, -0.1) is 0 Å². The summed E-state index contributed by atoms with van der Waals surface area (Å²) in [6.45, 7) is 9.40. The molecule has 0 fully saturated rings. The molecule has 0 saturated carbocycles. The second kappa shape index (κ2) is 7.23. The van der Waals surface area contributed by atoms with Crippen LogP contribution in [0.15, 0.2) is 30.3 Å². The van der Waals surface area contributed by atoms with Gasteiger partial charge in [0.15, 0.2) is 5.78 Å². The maximum atomic E-state index is 12.6. The molecule has 0 spiro atoms. The van der Waals surface area contributed by atoms with E-state index >= 15 is 0 Å². The Morgan fingerprint density at radius 1 is 1.11 bits per heavy atom. The highest BCUT2D eigenvalue weighted by atomic mass is 16.2. The number of hydrogen-bond donors (Lipinski definition) is 2. The van der Waals surface area contributed by atoms with E-state index < -0.39 is 0 Å². The molecule has 1 aromatic carbocycles. The molecule has 2 heterocycles. The van der Waals surface area contributed by atoms with Gasteiger partial charge < -0.3 is 10.3 Å². The van der Waals surface area contributed by atoms with Crippen molar-refractivity contribution in [2.45, 2.75) is 41.2 Å². The zero-order valence-electron chi connectivity index (χ0n) is 16.3. The molecule has 0 unspecified atom stereocenters. The summed E-state index contributed by atoms with van der Waals surface area (Å²) in [5.74, 6) is -0.273. The van der Waals surface area contributed by atoms with E-state index in [4.69, 9.17) is 0 Å². The third-order valence-electron chi connectivity index (χ3n) is 4.88. The molecule has 0 aliphatic rings. The molecule has 0 aliphatic heterocycles. The van der Waals surface area contributed by atoms with Gasteiger partial charge in [0, 0.05) is 29.1 Å². The Bertz CT molecular complexity index is 1010. The van der Waals surface area contributed by atoms with Crippen molar-refractivity contribution in [1.82, 2.24) is 20.1 Å². The van der Waals surface area contributed by atoms with Crippen LogP contribution in [-0.2, 0) is 6.54 Å². The second-order valence-corrected chi connectivity index (χ2v) is 6.76. The largest absolute Gasteiger partial charge is 0.354 e. The minimum atomic E-state index is -0.227. The number of aryl methyl sites for hydroxylation is 2. The number of amides is 1. The van der Waals surface area contributed by atoms with Gasteiger partial charge >= 0.3 is 0 Å². The van der Waals surface area contributed by atoms with Gasteiger partial charge in [0.05, 0.1) is 11.4 Å². The highest BCUT2D eigenvalue weighted by Crippen LogP contribution is 2.20. The minimum Gasteiger partial charge on any atom is -0.354 e. The first kappa shape index (κ1) is 18.6. The fraction of sp³-hybridized carbons (Fsp3) is 0.286. The molecule has 6 nitrogen and oxygen atoms in total. The smallest absolute Gasteiger partial charge is 0.268 e. The number of Topliss-reactive ketones (excluding diaryl/α,β-unsaturated/α-hetero) is 1. The highest BCUT2D eigenvalue weighted by Gasteiger charge is 2.20. The Kier molecular flexibility index (Phi) is 4.99. The number of benzene rings is 1. The Morgan fingerprint density at radius 3 is 2.37 bits per heavy atom. The molecule has 1 amide bonds. The number of nitrogens with one attached hydrogen (secondary N) is 2. The van der Waals surface area contributed by atoms with Crippen LogP contribution in [0.5, 0.6) is 0 Å². The average Bonchev–Trinajstić information content (AvgIpc) is 3.09. The lowest BCUT2D eigenvalue weighted by atomic mass is 10.1. The molecule has 3 rings (SSSR count). The summed E-state index contributed by atoms with van der Waals surface area (Å²) in [7, 11) is 0. The number of aromatic amines is 1. The standard InChI is InChI=1S/C21H24N4O2/c1-12-19(16(5)26)14(3)23-20(12)21(27)22-11-18-13(2)24-25(15(18)4)17-9-7-6-8-10-17/h6-10,23H,11H2,1-5H3,(H,22,27). The van der Waals surface area contributed by atoms with Crippen molar-refractivity contribution in [1.29, 1.82) is 0 Å². The number of hydrogen-bond acceptors (Lipinski definition) is 3. The fourth-order valence-corrected chi connectivity index (χ4v) is 3.51. The van der Waals surface area contributed by atoms with Crippen LogP contribution in [0.25, 0.3) is 5.69 Å². The highest BCUT2D eigenvalue weighted by molar-refractivity contribution is 6.02. The molecule has 0 bridgehead atoms. The van der Waals surface area contributed by atoms with E-state index in [1.807, 2.05) is 48.9 Å². The summed E-state index contributed by atoms with van der Waals surface area (Å²) in [6, 6.07) is 9.89. The van der Waals surface area contributed by atoms with Gasteiger partial charge in [0.1, 0.15) is 5.69 Å². The number of para-hydroxylation sites is 1. The molecule has 2 aromatic heterocycles. The van der Waals surface area contributed by atoms with E-state index in [1.54, 1.807) is 13.8 Å². The topological polar surface area (TPSA) is 79.8 Å². The van der Waals surface area contributed by atoms with Crippen LogP contribution in [-0.4, -0.2) is 26.5 Å². The van der Waals surface area contributed by atoms with Gasteiger partial charge in [-0.2, -0.15) is 5.10 Å². The Hall–Kier alpha value is -3.15. The normalized spacial score (nSPS) is 10.9. The molecule has 0 radical (unpaired) electrons. The predicted octanol–water partition coefficient (Wildman–Crippen LogP) is 3.57. The van der Waals surface area contributed by atoms with Crippen LogP contribution in [0, 0.1) is 27.7 Å². The zero-order chi connectivity index (χ0) is 19.7. The monoisotopic (exact) mass is 364 g/mol. The first-order chi connectivity index (χ1) is 12.8. The number of carbonyl (C=O) groups is 2. The van der Waals surface area contributed by atoms with Crippen molar-refractivity contribution in [3.8, 4) is 5.69 Å². The summed E-state index contributed by atoms with van der Waals surface area (Å²) in [5, 5.41) is 7.55. The van der Waals surface area contributed by atoms with Gasteiger partial charge in [-0.05, 0) is 52.3 Å². The van der Waals surface area contributed by atoms with Crippen molar-refractivity contribution < 1.29 is 9.59 Å². The summed E-state index contributed by atoms with van der Waals surface area (Å²) < 4.78 is 1.88. The van der Waals surface area contributed by atoms with Crippen LogP contribution >= 0.6 is 0 Å². The van der Waals surface area contributed by atoms with Crippen molar-refractivity contribution >= 4 is 11.7 Å². The Balaban J connectivity index is 1.82. The van der Waals surface area contributed by atoms with Crippen LogP contribution in [0.2, 0.25) is 0 Å². The third-order valence-corrected chi connectivity index (χ3v) is 4.88. The molecule has 0 atom stereocenters. The lowest BCUT2D eigenvalue weighted by molar-refractivity contribution is 0.0945. The number of ketones is 1. The van der Waals surface area contributed by atoms with Crippen LogP contribution in [0.3, 0.4) is 0 Å². The number of carbonyl (C=O) groups excluding carboxylic acids is 2. The zero-order valence-corrected chi connectivity index (χ0v) is 16.3. The van der Waals surface area contributed by atoms with E-state index in [-0.39, 0.29) is 11.7 Å². The molecular weight excluding hydrogens is 340 g/mol. The molecular formula is C21H24N4O2. The first-order valence-electron chi connectivity index (χ1n) is 8.90. The van der Waals surface area contributed by atoms with Gasteiger partial charge in [-0.25, -0.2) is 4.68 Å². The summed E-state index contributed by atoms with van der Waals surface area (Å²) in [6.07, 6.45) is 0. The van der Waals surface area contributed by atoms with Gasteiger partial charge in [0.25, 0.3) is 5.91 Å². The predicted molar refractivity (Wildman–Crippen MR) is 104 cm³/mol. The number of H-pyrrole nitrogens is 1. The van der Waals surface area contributed by atoms with E-state index in [0.29, 0.717) is 23.4 Å². The van der Waals surface area contributed by atoms with E-state index in [1.165, 1.54) is 6.92 Å². The molecule has 140 valence electrons.